The van der Waals surface area contributed by atoms with E-state index in [-0.39, 0.29) is 11.9 Å². The van der Waals surface area contributed by atoms with Gasteiger partial charge < -0.3 is 15.0 Å². The molecule has 5 rings (SSSR count). The number of anilines is 1. The Kier molecular flexibility index (Phi) is 7.67. The molecule has 1 atom stereocenters. The lowest BCUT2D eigenvalue weighted by atomic mass is 10.0. The first-order chi connectivity index (χ1) is 18.0. The Morgan fingerprint density at radius 1 is 0.973 bits per heavy atom. The number of nitrogens with zero attached hydrogens (tertiary/aromatic N) is 4. The van der Waals surface area contributed by atoms with Gasteiger partial charge in [0, 0.05) is 55.2 Å². The van der Waals surface area contributed by atoms with E-state index in [1.165, 1.54) is 16.5 Å². The maximum atomic E-state index is 12.6. The minimum atomic E-state index is -0.473. The van der Waals surface area contributed by atoms with Crippen LogP contribution in [0.5, 0.6) is 0 Å². The summed E-state index contributed by atoms with van der Waals surface area (Å²) in [5, 5.41) is 5.58. The van der Waals surface area contributed by atoms with Gasteiger partial charge in [0.1, 0.15) is 17.7 Å². The summed E-state index contributed by atoms with van der Waals surface area (Å²) < 4.78 is 5.31. The Morgan fingerprint density at radius 2 is 1.65 bits per heavy atom. The maximum absolute atomic E-state index is 12.6. The Labute approximate surface area is 218 Å². The Bertz CT molecular complexity index is 1360. The zero-order chi connectivity index (χ0) is 25.8. The largest absolute Gasteiger partial charge is 0.464 e. The molecule has 0 bridgehead atoms. The Morgan fingerprint density at radius 3 is 2.38 bits per heavy atom. The minimum Gasteiger partial charge on any atom is -0.464 e. The normalized spacial score (nSPS) is 15.9. The molecule has 2 aromatic carbocycles. The van der Waals surface area contributed by atoms with Gasteiger partial charge in [0.25, 0.3) is 0 Å². The van der Waals surface area contributed by atoms with Crippen LogP contribution in [0, 0.1) is 5.92 Å². The molecule has 0 amide bonds. The molecule has 2 N–H and O–H groups in total. The number of aromatic nitrogens is 3. The molecule has 194 valence electrons. The third-order valence-electron chi connectivity index (χ3n) is 7.05. The quantitative estimate of drug-likeness (QED) is 0.329. The number of H-pyrrole nitrogens is 1. The van der Waals surface area contributed by atoms with E-state index in [2.05, 4.69) is 50.6 Å². The third kappa shape index (κ3) is 5.76. The number of carbonyl (C=O) groups is 1. The summed E-state index contributed by atoms with van der Waals surface area (Å²) in [5.74, 6) is 1.25. The van der Waals surface area contributed by atoms with Crippen LogP contribution in [0.15, 0.2) is 54.7 Å². The molecular formula is C29H36N6O2. The van der Waals surface area contributed by atoms with E-state index in [4.69, 9.17) is 14.7 Å². The number of benzene rings is 2. The molecule has 8 nitrogen and oxygen atoms in total. The summed E-state index contributed by atoms with van der Waals surface area (Å²) in [6.07, 6.45) is 2.13. The fourth-order valence-corrected chi connectivity index (χ4v) is 4.99. The average molecular weight is 501 g/mol. The number of para-hydroxylation sites is 2. The molecule has 2 aromatic heterocycles. The SMILES string of the molecule is CCOC(=O)[C@@H](Nc1nc(CN2CCN(Cc3c[nH]c4ccccc34)CC2)nc2ccccc12)C(C)C. The van der Waals surface area contributed by atoms with Gasteiger partial charge in [-0.3, -0.25) is 9.80 Å². The molecule has 1 saturated heterocycles. The molecule has 4 aromatic rings. The van der Waals surface area contributed by atoms with Gasteiger partial charge in [-0.05, 0) is 36.6 Å². The van der Waals surface area contributed by atoms with E-state index >= 15 is 0 Å². The highest BCUT2D eigenvalue weighted by molar-refractivity contribution is 5.91. The molecule has 0 spiro atoms. The zero-order valence-electron chi connectivity index (χ0n) is 21.9. The number of rotatable bonds is 9. The zero-order valence-corrected chi connectivity index (χ0v) is 21.9. The van der Waals surface area contributed by atoms with Gasteiger partial charge in [0.05, 0.1) is 18.7 Å². The molecule has 3 heterocycles. The van der Waals surface area contributed by atoms with Gasteiger partial charge in [-0.15, -0.1) is 0 Å². The second-order valence-electron chi connectivity index (χ2n) is 10.0. The number of hydrogen-bond acceptors (Lipinski definition) is 7. The van der Waals surface area contributed by atoms with Crippen molar-refractivity contribution in [2.24, 2.45) is 5.92 Å². The fraction of sp³-hybridized carbons (Fsp3) is 0.414. The van der Waals surface area contributed by atoms with Crippen molar-refractivity contribution in [3.05, 3.63) is 66.1 Å². The smallest absolute Gasteiger partial charge is 0.328 e. The molecule has 1 aliphatic rings. The Hall–Kier alpha value is -3.49. The summed E-state index contributed by atoms with van der Waals surface area (Å²) >= 11 is 0. The number of ether oxygens (including phenoxy) is 1. The molecule has 0 radical (unpaired) electrons. The maximum Gasteiger partial charge on any atom is 0.328 e. The first-order valence-electron chi connectivity index (χ1n) is 13.2. The van der Waals surface area contributed by atoms with Crippen LogP contribution in [0.1, 0.15) is 32.2 Å². The minimum absolute atomic E-state index is 0.0569. The first-order valence-corrected chi connectivity index (χ1v) is 13.2. The van der Waals surface area contributed by atoms with Gasteiger partial charge in [0.15, 0.2) is 0 Å². The van der Waals surface area contributed by atoms with Crippen LogP contribution in [0.3, 0.4) is 0 Å². The standard InChI is InChI=1S/C29H36N6O2/c1-4-37-29(36)27(20(2)3)33-28-23-10-6-8-12-25(23)31-26(32-28)19-35-15-13-34(14-16-35)18-21-17-30-24-11-7-5-9-22(21)24/h5-12,17,20,27,30H,4,13-16,18-19H2,1-3H3,(H,31,32,33)/t27-/m0/s1. The van der Waals surface area contributed by atoms with Gasteiger partial charge >= 0.3 is 5.97 Å². The van der Waals surface area contributed by atoms with Gasteiger partial charge in [-0.2, -0.15) is 0 Å². The summed E-state index contributed by atoms with van der Waals surface area (Å²) in [6, 6.07) is 15.9. The molecule has 1 fully saturated rings. The predicted molar refractivity (Wildman–Crippen MR) is 147 cm³/mol. The summed E-state index contributed by atoms with van der Waals surface area (Å²) in [7, 11) is 0. The van der Waals surface area contributed by atoms with Gasteiger partial charge in [-0.25, -0.2) is 14.8 Å². The van der Waals surface area contributed by atoms with Crippen LogP contribution in [0.2, 0.25) is 0 Å². The van der Waals surface area contributed by atoms with Crippen LogP contribution in [-0.4, -0.2) is 69.5 Å². The third-order valence-corrected chi connectivity index (χ3v) is 7.05. The summed E-state index contributed by atoms with van der Waals surface area (Å²) in [5.41, 5.74) is 3.41. The van der Waals surface area contributed by atoms with Crippen LogP contribution in [0.4, 0.5) is 5.82 Å². The predicted octanol–water partition coefficient (Wildman–Crippen LogP) is 4.43. The van der Waals surface area contributed by atoms with Crippen molar-refractivity contribution in [2.75, 3.05) is 38.1 Å². The van der Waals surface area contributed by atoms with Crippen LogP contribution >= 0.6 is 0 Å². The number of carbonyl (C=O) groups excluding carboxylic acids is 1. The lowest BCUT2D eigenvalue weighted by Gasteiger charge is -2.34. The number of nitrogens with one attached hydrogen (secondary N) is 2. The van der Waals surface area contributed by atoms with Crippen molar-refractivity contribution in [3.63, 3.8) is 0 Å². The van der Waals surface area contributed by atoms with E-state index in [9.17, 15) is 4.79 Å². The molecule has 0 aliphatic carbocycles. The molecule has 0 saturated carbocycles. The number of hydrogen-bond donors (Lipinski definition) is 2. The van der Waals surface area contributed by atoms with Crippen molar-refractivity contribution in [1.29, 1.82) is 0 Å². The summed E-state index contributed by atoms with van der Waals surface area (Å²) in [6.45, 7) is 11.7. The Balaban J connectivity index is 1.27. The number of fused-ring (bicyclic) bond motifs is 2. The van der Waals surface area contributed by atoms with Crippen molar-refractivity contribution < 1.29 is 9.53 Å². The van der Waals surface area contributed by atoms with E-state index < -0.39 is 6.04 Å². The second kappa shape index (κ2) is 11.3. The molecule has 8 heteroatoms. The van der Waals surface area contributed by atoms with Crippen LogP contribution in [0.25, 0.3) is 21.8 Å². The highest BCUT2D eigenvalue weighted by Gasteiger charge is 2.25. The van der Waals surface area contributed by atoms with Gasteiger partial charge in [0.2, 0.25) is 0 Å². The fourth-order valence-electron chi connectivity index (χ4n) is 4.99. The monoisotopic (exact) mass is 500 g/mol. The number of piperazine rings is 1. The lowest BCUT2D eigenvalue weighted by molar-refractivity contribution is -0.145. The first kappa shape index (κ1) is 25.2. The average Bonchev–Trinajstić information content (AvgIpc) is 3.31. The van der Waals surface area contributed by atoms with E-state index in [1.807, 2.05) is 45.0 Å². The van der Waals surface area contributed by atoms with Crippen LogP contribution < -0.4 is 5.32 Å². The molecule has 1 aliphatic heterocycles. The summed E-state index contributed by atoms with van der Waals surface area (Å²) in [4.78, 5) is 30.6. The molecule has 0 unspecified atom stereocenters. The highest BCUT2D eigenvalue weighted by atomic mass is 16.5. The number of aromatic amines is 1. The topological polar surface area (TPSA) is 86.4 Å². The number of esters is 1. The van der Waals surface area contributed by atoms with Gasteiger partial charge in [-0.1, -0.05) is 44.2 Å². The van der Waals surface area contributed by atoms with Crippen molar-refractivity contribution in [2.45, 2.75) is 39.9 Å². The molecular weight excluding hydrogens is 464 g/mol. The lowest BCUT2D eigenvalue weighted by Crippen LogP contribution is -2.45. The molecule has 37 heavy (non-hydrogen) atoms. The van der Waals surface area contributed by atoms with Crippen molar-refractivity contribution in [3.8, 4) is 0 Å². The second-order valence-corrected chi connectivity index (χ2v) is 10.0. The van der Waals surface area contributed by atoms with Crippen molar-refractivity contribution >= 4 is 33.6 Å². The van der Waals surface area contributed by atoms with E-state index in [1.54, 1.807) is 0 Å². The van der Waals surface area contributed by atoms with E-state index in [0.29, 0.717) is 19.0 Å². The highest BCUT2D eigenvalue weighted by Crippen LogP contribution is 2.24. The van der Waals surface area contributed by atoms with Crippen molar-refractivity contribution in [1.82, 2.24) is 24.8 Å². The van der Waals surface area contributed by atoms with Crippen LogP contribution in [-0.2, 0) is 22.6 Å². The van der Waals surface area contributed by atoms with E-state index in [0.717, 1.165) is 49.5 Å².